The van der Waals surface area contributed by atoms with E-state index in [-0.39, 0.29) is 42.3 Å². The average molecular weight is 481 g/mol. The monoisotopic (exact) mass is 480 g/mol. The largest absolute Gasteiger partial charge is 0.341 e. The summed E-state index contributed by atoms with van der Waals surface area (Å²) in [6.45, 7) is 3.50. The summed E-state index contributed by atoms with van der Waals surface area (Å²) in [6, 6.07) is 13.9. The van der Waals surface area contributed by atoms with Gasteiger partial charge in [-0.2, -0.15) is 0 Å². The molecule has 1 unspecified atom stereocenters. The van der Waals surface area contributed by atoms with Crippen molar-refractivity contribution in [2.24, 2.45) is 5.73 Å². The van der Waals surface area contributed by atoms with Gasteiger partial charge >= 0.3 is 0 Å². The van der Waals surface area contributed by atoms with Gasteiger partial charge in [0.2, 0.25) is 5.95 Å². The molecule has 0 aliphatic carbocycles. The second-order valence-corrected chi connectivity index (χ2v) is 9.04. The summed E-state index contributed by atoms with van der Waals surface area (Å²) in [7, 11) is 0. The zero-order chi connectivity index (χ0) is 25.2. The molecule has 2 aromatic heterocycles. The lowest BCUT2D eigenvalue weighted by atomic mass is 10.0. The Morgan fingerprint density at radius 3 is 2.67 bits per heavy atom. The van der Waals surface area contributed by atoms with Crippen LogP contribution in [0.5, 0.6) is 0 Å². The number of terminal acetylenes is 1. The number of anilines is 1. The van der Waals surface area contributed by atoms with Crippen LogP contribution in [0.15, 0.2) is 52.1 Å². The summed E-state index contributed by atoms with van der Waals surface area (Å²) in [5, 5.41) is 2.07. The number of imidazole rings is 1. The van der Waals surface area contributed by atoms with Crippen molar-refractivity contribution in [2.75, 3.05) is 18.0 Å². The first kappa shape index (κ1) is 23.5. The van der Waals surface area contributed by atoms with E-state index in [1.165, 1.54) is 9.36 Å². The maximum Gasteiger partial charge on any atom is 0.294 e. The molecule has 1 fully saturated rings. The minimum atomic E-state index is -0.395. The molecule has 8 heteroatoms. The van der Waals surface area contributed by atoms with Gasteiger partial charge in [0.25, 0.3) is 11.1 Å². The minimum Gasteiger partial charge on any atom is -0.341 e. The van der Waals surface area contributed by atoms with Gasteiger partial charge in [-0.25, -0.2) is 14.3 Å². The Morgan fingerprint density at radius 1 is 1.08 bits per heavy atom. The zero-order valence-electron chi connectivity index (χ0n) is 20.3. The lowest BCUT2D eigenvalue weighted by Crippen LogP contribution is -2.44. The summed E-state index contributed by atoms with van der Waals surface area (Å²) in [5.41, 5.74) is 6.77. The molecule has 3 heterocycles. The molecule has 8 nitrogen and oxygen atoms in total. The standard InChI is InChI=1S/C28H28N6O2/c1-3-5-17-32-25-24(30-28(32)31-16-9-13-22(29)19-31)26(35)33(15-4-2)34(27(25)36)18-21-12-8-11-20-10-6-7-14-23(20)21/h2,6-8,10-12,14,22H,9,13,15-19,29H2,1H3. The molecule has 36 heavy (non-hydrogen) atoms. The first-order valence-electron chi connectivity index (χ1n) is 12.1. The molecule has 1 aliphatic rings. The fraction of sp³-hybridized carbons (Fsp3) is 0.321. The van der Waals surface area contributed by atoms with Crippen molar-refractivity contribution in [1.82, 2.24) is 18.9 Å². The molecular weight excluding hydrogens is 452 g/mol. The number of nitrogens with zero attached hydrogens (tertiary/aromatic N) is 5. The maximum atomic E-state index is 14.0. The van der Waals surface area contributed by atoms with E-state index in [4.69, 9.17) is 12.2 Å². The van der Waals surface area contributed by atoms with Gasteiger partial charge in [-0.1, -0.05) is 54.3 Å². The highest BCUT2D eigenvalue weighted by atomic mass is 16.2. The van der Waals surface area contributed by atoms with Crippen LogP contribution >= 0.6 is 0 Å². The van der Waals surface area contributed by atoms with Gasteiger partial charge in [0, 0.05) is 19.1 Å². The van der Waals surface area contributed by atoms with Gasteiger partial charge in [0.15, 0.2) is 5.52 Å². The summed E-state index contributed by atoms with van der Waals surface area (Å²) in [6.07, 6.45) is 7.46. The lowest BCUT2D eigenvalue weighted by Gasteiger charge is -2.31. The van der Waals surface area contributed by atoms with E-state index < -0.39 is 5.56 Å². The van der Waals surface area contributed by atoms with Crippen molar-refractivity contribution < 1.29 is 0 Å². The number of aromatic nitrogens is 4. The topological polar surface area (TPSA) is 91.1 Å². The van der Waals surface area contributed by atoms with Crippen LogP contribution in [0, 0.1) is 24.2 Å². The number of rotatable bonds is 5. The number of hydrogen-bond donors (Lipinski definition) is 1. The van der Waals surface area contributed by atoms with E-state index >= 15 is 0 Å². The highest BCUT2D eigenvalue weighted by Gasteiger charge is 2.26. The molecule has 4 aromatic rings. The van der Waals surface area contributed by atoms with Gasteiger partial charge in [-0.05, 0) is 36.1 Å². The molecule has 0 radical (unpaired) electrons. The molecule has 5 rings (SSSR count). The van der Waals surface area contributed by atoms with Crippen LogP contribution in [-0.2, 0) is 19.6 Å². The smallest absolute Gasteiger partial charge is 0.294 e. The molecule has 0 saturated carbocycles. The molecular formula is C28H28N6O2. The van der Waals surface area contributed by atoms with Crippen LogP contribution in [-0.4, -0.2) is 38.0 Å². The summed E-state index contributed by atoms with van der Waals surface area (Å²) >= 11 is 0. The van der Waals surface area contributed by atoms with Gasteiger partial charge in [0.1, 0.15) is 12.1 Å². The van der Waals surface area contributed by atoms with Gasteiger partial charge in [0.05, 0.1) is 13.1 Å². The van der Waals surface area contributed by atoms with E-state index in [1.54, 1.807) is 11.5 Å². The van der Waals surface area contributed by atoms with Crippen LogP contribution in [0.1, 0.15) is 25.3 Å². The molecule has 2 aromatic carbocycles. The Kier molecular flexibility index (Phi) is 6.37. The van der Waals surface area contributed by atoms with E-state index in [1.807, 2.05) is 47.4 Å². The molecule has 0 bridgehead atoms. The van der Waals surface area contributed by atoms with Crippen LogP contribution in [0.25, 0.3) is 21.8 Å². The Bertz CT molecular complexity index is 1670. The Balaban J connectivity index is 1.76. The van der Waals surface area contributed by atoms with E-state index in [0.29, 0.717) is 12.5 Å². The van der Waals surface area contributed by atoms with E-state index in [2.05, 4.69) is 22.7 Å². The normalized spacial score (nSPS) is 15.6. The first-order chi connectivity index (χ1) is 17.5. The fourth-order valence-electron chi connectivity index (χ4n) is 5.00. The third-order valence-electron chi connectivity index (χ3n) is 6.71. The van der Waals surface area contributed by atoms with Crippen molar-refractivity contribution in [1.29, 1.82) is 0 Å². The lowest BCUT2D eigenvalue weighted by molar-refractivity contribution is 0.482. The van der Waals surface area contributed by atoms with E-state index in [0.717, 1.165) is 35.7 Å². The van der Waals surface area contributed by atoms with Crippen LogP contribution in [0.4, 0.5) is 5.95 Å². The Labute approximate surface area is 208 Å². The summed E-state index contributed by atoms with van der Waals surface area (Å²) in [4.78, 5) is 34.4. The van der Waals surface area contributed by atoms with Gasteiger partial charge in [-0.3, -0.25) is 14.2 Å². The number of nitrogens with two attached hydrogens (primary N) is 1. The third-order valence-corrected chi connectivity index (χ3v) is 6.71. The predicted molar refractivity (Wildman–Crippen MR) is 143 cm³/mol. The van der Waals surface area contributed by atoms with Gasteiger partial charge in [-0.15, -0.1) is 12.3 Å². The molecule has 182 valence electrons. The highest BCUT2D eigenvalue weighted by Crippen LogP contribution is 2.23. The molecule has 2 N–H and O–H groups in total. The zero-order valence-corrected chi connectivity index (χ0v) is 20.3. The predicted octanol–water partition coefficient (Wildman–Crippen LogP) is 2.15. The number of benzene rings is 2. The minimum absolute atomic E-state index is 0.00499. The molecule has 0 amide bonds. The fourth-order valence-corrected chi connectivity index (χ4v) is 5.00. The van der Waals surface area contributed by atoms with Crippen LogP contribution in [0.2, 0.25) is 0 Å². The summed E-state index contributed by atoms with van der Waals surface area (Å²) < 4.78 is 4.52. The molecule has 1 saturated heterocycles. The number of fused-ring (bicyclic) bond motifs is 2. The van der Waals surface area contributed by atoms with Crippen molar-refractivity contribution >= 4 is 27.8 Å². The highest BCUT2D eigenvalue weighted by molar-refractivity contribution is 5.85. The van der Waals surface area contributed by atoms with Crippen molar-refractivity contribution in [3.8, 4) is 24.2 Å². The Morgan fingerprint density at radius 2 is 1.89 bits per heavy atom. The molecule has 0 spiro atoms. The van der Waals surface area contributed by atoms with Crippen molar-refractivity contribution in [3.05, 3.63) is 68.7 Å². The van der Waals surface area contributed by atoms with Crippen molar-refractivity contribution in [3.63, 3.8) is 0 Å². The van der Waals surface area contributed by atoms with Gasteiger partial charge < -0.3 is 10.6 Å². The van der Waals surface area contributed by atoms with E-state index in [9.17, 15) is 9.59 Å². The first-order valence-corrected chi connectivity index (χ1v) is 12.1. The second kappa shape index (κ2) is 9.77. The SMILES string of the molecule is C#CCn1c(=O)c2nc(N3CCCC(N)C3)n(CC#CC)c2c(=O)n1Cc1cccc2ccccc12. The Hall–Kier alpha value is -4.27. The number of hydrogen-bond acceptors (Lipinski definition) is 5. The molecule has 1 aliphatic heterocycles. The maximum absolute atomic E-state index is 14.0. The van der Waals surface area contributed by atoms with Crippen molar-refractivity contribution in [2.45, 2.75) is 45.4 Å². The third kappa shape index (κ3) is 4.06. The summed E-state index contributed by atoms with van der Waals surface area (Å²) in [5.74, 6) is 9.00. The average Bonchev–Trinajstić information content (AvgIpc) is 3.28. The molecule has 1 atom stereocenters. The van der Waals surface area contributed by atoms with Crippen LogP contribution in [0.3, 0.4) is 0 Å². The quantitative estimate of drug-likeness (QED) is 0.442. The van der Waals surface area contributed by atoms with Crippen LogP contribution < -0.4 is 21.8 Å². The second-order valence-electron chi connectivity index (χ2n) is 9.04. The number of piperidine rings is 1.